The fourth-order valence-corrected chi connectivity index (χ4v) is 5.74. The van der Waals surface area contributed by atoms with Crippen LogP contribution in [0.15, 0.2) is 0 Å². The SMILES string of the molecule is NC(=O)C1CCCCCN1C(=O)[C@@H]1CCCN1.NC(=O)C1CCCCCN1C(=O)[C@@H]1CCCN1.O=C(O)CCC(=O)O. The van der Waals surface area contributed by atoms with Crippen molar-refractivity contribution in [2.75, 3.05) is 26.2 Å². The van der Waals surface area contributed by atoms with Crippen LogP contribution < -0.4 is 22.1 Å². The van der Waals surface area contributed by atoms with E-state index in [0.717, 1.165) is 77.3 Å². The number of carbonyl (C=O) groups is 6. The summed E-state index contributed by atoms with van der Waals surface area (Å²) in [6, 6.07) is -0.996. The second-order valence-corrected chi connectivity index (χ2v) is 11.2. The molecule has 14 heteroatoms. The summed E-state index contributed by atoms with van der Waals surface area (Å²) in [5, 5.41) is 22.2. The maximum absolute atomic E-state index is 12.3. The number of likely N-dealkylation sites (tertiary alicyclic amines) is 2. The Balaban J connectivity index is 0.000000236. The van der Waals surface area contributed by atoms with Crippen molar-refractivity contribution in [3.63, 3.8) is 0 Å². The number of hydrogen-bond acceptors (Lipinski definition) is 8. The molecule has 42 heavy (non-hydrogen) atoms. The summed E-state index contributed by atoms with van der Waals surface area (Å²) in [4.78, 5) is 70.2. The number of carboxylic acids is 2. The quantitative estimate of drug-likeness (QED) is 0.229. The lowest BCUT2D eigenvalue weighted by molar-refractivity contribution is -0.143. The topological polar surface area (TPSA) is 225 Å². The van der Waals surface area contributed by atoms with Crippen LogP contribution in [0.4, 0.5) is 0 Å². The van der Waals surface area contributed by atoms with Crippen LogP contribution in [-0.4, -0.2) is 106 Å². The van der Waals surface area contributed by atoms with E-state index in [4.69, 9.17) is 21.7 Å². The zero-order valence-corrected chi connectivity index (χ0v) is 24.4. The molecule has 4 saturated heterocycles. The van der Waals surface area contributed by atoms with Gasteiger partial charge >= 0.3 is 11.9 Å². The Morgan fingerprint density at radius 3 is 1.24 bits per heavy atom. The number of nitrogens with two attached hydrogens (primary N) is 2. The molecule has 0 aromatic rings. The van der Waals surface area contributed by atoms with Crippen LogP contribution in [0.3, 0.4) is 0 Å². The van der Waals surface area contributed by atoms with E-state index >= 15 is 0 Å². The standard InChI is InChI=1S/2C12H21N3O2.C4H6O4/c2*13-11(16)10-6-2-1-3-8-15(10)12(17)9-5-4-7-14-9;5-3(6)1-2-4(7)8/h2*9-10,14H,1-8H2,(H2,13,16);1-2H2,(H,5,6)(H,7,8)/t2*9-,10?;/m00./s1. The first-order valence-corrected chi connectivity index (χ1v) is 15.1. The molecule has 0 aromatic heterocycles. The molecule has 4 rings (SSSR count). The molecule has 0 aromatic carbocycles. The van der Waals surface area contributed by atoms with Crippen molar-refractivity contribution in [1.29, 1.82) is 0 Å². The van der Waals surface area contributed by atoms with Crippen molar-refractivity contribution >= 4 is 35.6 Å². The van der Waals surface area contributed by atoms with E-state index in [0.29, 0.717) is 25.9 Å². The third-order valence-electron chi connectivity index (χ3n) is 8.00. The number of hydrogen-bond donors (Lipinski definition) is 6. The van der Waals surface area contributed by atoms with E-state index in [2.05, 4.69) is 10.6 Å². The van der Waals surface area contributed by atoms with Gasteiger partial charge in [0.2, 0.25) is 23.6 Å². The van der Waals surface area contributed by atoms with Crippen molar-refractivity contribution in [2.24, 2.45) is 11.5 Å². The number of aliphatic carboxylic acids is 2. The second-order valence-electron chi connectivity index (χ2n) is 11.2. The summed E-state index contributed by atoms with van der Waals surface area (Å²) in [7, 11) is 0. The Hall–Kier alpha value is -3.26. The van der Waals surface area contributed by atoms with Crippen LogP contribution in [0.5, 0.6) is 0 Å². The fourth-order valence-electron chi connectivity index (χ4n) is 5.74. The summed E-state index contributed by atoms with van der Waals surface area (Å²) in [6.45, 7) is 3.13. The molecule has 4 aliphatic heterocycles. The minimum Gasteiger partial charge on any atom is -0.481 e. The lowest BCUT2D eigenvalue weighted by Crippen LogP contribution is -2.52. The molecule has 14 nitrogen and oxygen atoms in total. The Labute approximate surface area is 246 Å². The van der Waals surface area contributed by atoms with Gasteiger partial charge in [0.1, 0.15) is 12.1 Å². The second kappa shape index (κ2) is 18.3. The first kappa shape index (κ1) is 34.9. The van der Waals surface area contributed by atoms with Gasteiger partial charge < -0.3 is 42.1 Å². The lowest BCUT2D eigenvalue weighted by atomic mass is 10.1. The molecular weight excluding hydrogens is 548 g/mol. The molecule has 0 saturated carbocycles. The van der Waals surface area contributed by atoms with Gasteiger partial charge in [-0.1, -0.05) is 25.7 Å². The van der Waals surface area contributed by atoms with Gasteiger partial charge in [-0.15, -0.1) is 0 Å². The minimum atomic E-state index is -1.08. The minimum absolute atomic E-state index is 0.0631. The zero-order valence-electron chi connectivity index (χ0n) is 24.4. The van der Waals surface area contributed by atoms with Crippen molar-refractivity contribution in [3.8, 4) is 0 Å². The first-order chi connectivity index (χ1) is 20.0. The van der Waals surface area contributed by atoms with Gasteiger partial charge in [-0.2, -0.15) is 0 Å². The Kier molecular flexibility index (Phi) is 15.2. The molecule has 238 valence electrons. The van der Waals surface area contributed by atoms with E-state index in [9.17, 15) is 28.8 Å². The van der Waals surface area contributed by atoms with Crippen molar-refractivity contribution in [3.05, 3.63) is 0 Å². The van der Waals surface area contributed by atoms with Gasteiger partial charge in [0, 0.05) is 13.1 Å². The maximum Gasteiger partial charge on any atom is 0.303 e. The van der Waals surface area contributed by atoms with E-state index in [-0.39, 0.29) is 48.6 Å². The number of carboxylic acid groups (broad SMARTS) is 2. The predicted molar refractivity (Wildman–Crippen MR) is 153 cm³/mol. The first-order valence-electron chi connectivity index (χ1n) is 15.1. The van der Waals surface area contributed by atoms with E-state index in [1.54, 1.807) is 9.80 Å². The summed E-state index contributed by atoms with van der Waals surface area (Å²) in [5.41, 5.74) is 10.8. The van der Waals surface area contributed by atoms with Gasteiger partial charge in [-0.25, -0.2) is 0 Å². The molecule has 4 aliphatic rings. The van der Waals surface area contributed by atoms with Crippen LogP contribution in [0.25, 0.3) is 0 Å². The van der Waals surface area contributed by atoms with Crippen molar-refractivity contribution in [1.82, 2.24) is 20.4 Å². The predicted octanol–water partition coefficient (Wildman–Crippen LogP) is -0.0744. The number of rotatable bonds is 7. The normalized spacial score (nSPS) is 25.9. The highest BCUT2D eigenvalue weighted by Crippen LogP contribution is 2.21. The number of nitrogens with zero attached hydrogens (tertiary/aromatic N) is 2. The third-order valence-corrected chi connectivity index (χ3v) is 8.00. The van der Waals surface area contributed by atoms with E-state index in [1.165, 1.54) is 0 Å². The zero-order chi connectivity index (χ0) is 31.1. The van der Waals surface area contributed by atoms with Gasteiger partial charge in [0.05, 0.1) is 24.9 Å². The highest BCUT2D eigenvalue weighted by atomic mass is 16.4. The fraction of sp³-hybridized carbons (Fsp3) is 0.786. The van der Waals surface area contributed by atoms with Gasteiger partial charge in [-0.05, 0) is 64.5 Å². The largest absolute Gasteiger partial charge is 0.481 e. The van der Waals surface area contributed by atoms with Crippen LogP contribution in [0.1, 0.15) is 89.9 Å². The summed E-state index contributed by atoms with van der Waals surface area (Å²) in [6.07, 6.45) is 10.7. The molecule has 4 atom stereocenters. The molecule has 4 amide bonds. The number of primary amides is 2. The molecule has 8 N–H and O–H groups in total. The highest BCUT2D eigenvalue weighted by Gasteiger charge is 2.35. The summed E-state index contributed by atoms with van der Waals surface area (Å²) < 4.78 is 0. The van der Waals surface area contributed by atoms with E-state index in [1.807, 2.05) is 0 Å². The van der Waals surface area contributed by atoms with Gasteiger partial charge in [0.15, 0.2) is 0 Å². The van der Waals surface area contributed by atoms with Crippen molar-refractivity contribution in [2.45, 2.75) is 114 Å². The number of amides is 4. The molecule has 4 fully saturated rings. The molecule has 0 radical (unpaired) electrons. The van der Waals surface area contributed by atoms with Gasteiger partial charge in [0.25, 0.3) is 0 Å². The molecule has 4 heterocycles. The number of carbonyl (C=O) groups excluding carboxylic acids is 4. The van der Waals surface area contributed by atoms with Crippen LogP contribution in [0.2, 0.25) is 0 Å². The molecule has 0 aliphatic carbocycles. The summed E-state index contributed by atoms with van der Waals surface area (Å²) in [5.74, 6) is -2.75. The molecular formula is C28H48N6O8. The average Bonchev–Trinajstić information content (AvgIpc) is 3.57. The third kappa shape index (κ3) is 11.6. The lowest BCUT2D eigenvalue weighted by Gasteiger charge is -2.30. The molecule has 0 spiro atoms. The Morgan fingerprint density at radius 1 is 0.571 bits per heavy atom. The maximum atomic E-state index is 12.3. The van der Waals surface area contributed by atoms with Crippen LogP contribution in [-0.2, 0) is 28.8 Å². The average molecular weight is 597 g/mol. The smallest absolute Gasteiger partial charge is 0.303 e. The Bertz CT molecular complexity index is 861. The monoisotopic (exact) mass is 596 g/mol. The van der Waals surface area contributed by atoms with Gasteiger partial charge in [-0.3, -0.25) is 28.8 Å². The van der Waals surface area contributed by atoms with Crippen molar-refractivity contribution < 1.29 is 39.0 Å². The van der Waals surface area contributed by atoms with Crippen LogP contribution >= 0.6 is 0 Å². The number of nitrogens with one attached hydrogen (secondary N) is 2. The van der Waals surface area contributed by atoms with E-state index < -0.39 is 24.0 Å². The van der Waals surface area contributed by atoms with Crippen LogP contribution in [0, 0.1) is 0 Å². The Morgan fingerprint density at radius 2 is 0.952 bits per heavy atom. The highest BCUT2D eigenvalue weighted by molar-refractivity contribution is 5.90. The molecule has 2 unspecified atom stereocenters. The molecule has 0 bridgehead atoms. The summed E-state index contributed by atoms with van der Waals surface area (Å²) >= 11 is 0.